The summed E-state index contributed by atoms with van der Waals surface area (Å²) in [6.07, 6.45) is 0. The van der Waals surface area contributed by atoms with Gasteiger partial charge in [0.05, 0.1) is 6.54 Å². The van der Waals surface area contributed by atoms with Gasteiger partial charge in [-0.05, 0) is 0 Å². The van der Waals surface area contributed by atoms with E-state index < -0.39 is 24.4 Å². The largest absolute Gasteiger partial charge is 0.480 e. The number of aliphatic carboxylic acids is 1. The molecule has 7 nitrogen and oxygen atoms in total. The molecule has 7 heteroatoms. The van der Waals surface area contributed by atoms with E-state index in [1.807, 2.05) is 0 Å². The van der Waals surface area contributed by atoms with Gasteiger partial charge < -0.3 is 20.5 Å². The topological polar surface area (TPSA) is 110 Å². The molecule has 80 valence electrons. The van der Waals surface area contributed by atoms with E-state index in [4.69, 9.17) is 10.8 Å². The first-order chi connectivity index (χ1) is 6.43. The second kappa shape index (κ2) is 5.92. The molecule has 0 aliphatic carbocycles. The molecule has 0 spiro atoms. The lowest BCUT2D eigenvalue weighted by molar-refractivity contribution is -0.146. The van der Waals surface area contributed by atoms with Crippen LogP contribution in [0.15, 0.2) is 0 Å². The lowest BCUT2D eigenvalue weighted by Gasteiger charge is -2.14. The van der Waals surface area contributed by atoms with Crippen LogP contribution in [0.4, 0.5) is 0 Å². The van der Waals surface area contributed by atoms with Gasteiger partial charge in [-0.25, -0.2) is 4.79 Å². The van der Waals surface area contributed by atoms with Crippen LogP contribution in [-0.2, 0) is 19.1 Å². The normalized spacial score (nSPS) is 9.50. The fourth-order valence-electron chi connectivity index (χ4n) is 0.658. The molecule has 0 radical (unpaired) electrons. The number of rotatable bonds is 6. The Labute approximate surface area is 80.4 Å². The van der Waals surface area contributed by atoms with Crippen molar-refractivity contribution in [3.63, 3.8) is 0 Å². The summed E-state index contributed by atoms with van der Waals surface area (Å²) in [5.41, 5.74) is 4.84. The van der Waals surface area contributed by atoms with E-state index in [0.29, 0.717) is 0 Å². The Hall–Kier alpha value is -1.63. The molecule has 0 aromatic heterocycles. The standard InChI is InChI=1S/C7H12N2O5/c1-9(2-5(8)10)6(11)3-14-4-7(12)13/h2-4H2,1H3,(H2,8,10)(H,12,13). The maximum atomic E-state index is 11.1. The second-order valence-electron chi connectivity index (χ2n) is 2.60. The highest BCUT2D eigenvalue weighted by Crippen LogP contribution is 1.85. The second-order valence-corrected chi connectivity index (χ2v) is 2.60. The molecular weight excluding hydrogens is 192 g/mol. The molecule has 0 atom stereocenters. The van der Waals surface area contributed by atoms with Crippen LogP contribution in [0.2, 0.25) is 0 Å². The molecule has 2 amide bonds. The Morgan fingerprint density at radius 1 is 1.36 bits per heavy atom. The fraction of sp³-hybridized carbons (Fsp3) is 0.571. The Balaban J connectivity index is 3.73. The minimum Gasteiger partial charge on any atom is -0.480 e. The van der Waals surface area contributed by atoms with Gasteiger partial charge in [-0.1, -0.05) is 0 Å². The number of hydrogen-bond acceptors (Lipinski definition) is 4. The first kappa shape index (κ1) is 12.4. The maximum absolute atomic E-state index is 11.1. The minimum absolute atomic E-state index is 0.213. The van der Waals surface area contributed by atoms with Gasteiger partial charge in [0, 0.05) is 7.05 Å². The molecule has 3 N–H and O–H groups in total. The van der Waals surface area contributed by atoms with Crippen molar-refractivity contribution >= 4 is 17.8 Å². The summed E-state index contributed by atoms with van der Waals surface area (Å²) in [6.45, 7) is -1.14. The highest BCUT2D eigenvalue weighted by Gasteiger charge is 2.11. The summed E-state index contributed by atoms with van der Waals surface area (Å²) in [5.74, 6) is -2.29. The fourth-order valence-corrected chi connectivity index (χ4v) is 0.658. The lowest BCUT2D eigenvalue weighted by Crippen LogP contribution is -2.37. The predicted octanol–water partition coefficient (Wildman–Crippen LogP) is -1.97. The number of nitrogens with two attached hydrogens (primary N) is 1. The van der Waals surface area contributed by atoms with E-state index in [-0.39, 0.29) is 13.2 Å². The molecule has 0 saturated carbocycles. The molecule has 0 heterocycles. The number of carbonyl (C=O) groups is 3. The van der Waals surface area contributed by atoms with E-state index >= 15 is 0 Å². The van der Waals surface area contributed by atoms with Crippen LogP contribution >= 0.6 is 0 Å². The third kappa shape index (κ3) is 5.95. The number of carboxylic acid groups (broad SMARTS) is 1. The quantitative estimate of drug-likeness (QED) is 0.521. The van der Waals surface area contributed by atoms with Gasteiger partial charge in [-0.3, -0.25) is 9.59 Å². The zero-order valence-corrected chi connectivity index (χ0v) is 7.73. The molecular formula is C7H12N2O5. The van der Waals surface area contributed by atoms with Gasteiger partial charge in [-0.15, -0.1) is 0 Å². The van der Waals surface area contributed by atoms with Crippen LogP contribution in [0.3, 0.4) is 0 Å². The smallest absolute Gasteiger partial charge is 0.329 e. The average molecular weight is 204 g/mol. The molecule has 14 heavy (non-hydrogen) atoms. The lowest BCUT2D eigenvalue weighted by atomic mass is 10.5. The Bertz CT molecular complexity index is 240. The summed E-state index contributed by atoms with van der Waals surface area (Å²) < 4.78 is 4.52. The van der Waals surface area contributed by atoms with Crippen LogP contribution in [0.1, 0.15) is 0 Å². The first-order valence-corrected chi connectivity index (χ1v) is 3.75. The van der Waals surface area contributed by atoms with Gasteiger partial charge in [0.25, 0.3) is 0 Å². The summed E-state index contributed by atoms with van der Waals surface area (Å²) in [7, 11) is 1.37. The zero-order valence-electron chi connectivity index (χ0n) is 7.73. The first-order valence-electron chi connectivity index (χ1n) is 3.75. The van der Waals surface area contributed by atoms with Crippen molar-refractivity contribution < 1.29 is 24.2 Å². The number of amides is 2. The molecule has 0 aliphatic rings. The van der Waals surface area contributed by atoms with Crippen LogP contribution in [0.5, 0.6) is 0 Å². The van der Waals surface area contributed by atoms with Crippen molar-refractivity contribution in [1.29, 1.82) is 0 Å². The van der Waals surface area contributed by atoms with Gasteiger partial charge in [0.2, 0.25) is 11.8 Å². The van der Waals surface area contributed by atoms with E-state index in [1.54, 1.807) is 0 Å². The number of hydrogen-bond donors (Lipinski definition) is 2. The van der Waals surface area contributed by atoms with E-state index in [9.17, 15) is 14.4 Å². The van der Waals surface area contributed by atoms with Gasteiger partial charge in [0.15, 0.2) is 0 Å². The molecule has 0 aliphatic heterocycles. The molecule has 0 rings (SSSR count). The molecule has 0 aromatic rings. The Morgan fingerprint density at radius 3 is 2.36 bits per heavy atom. The van der Waals surface area contributed by atoms with Crippen molar-refractivity contribution in [1.82, 2.24) is 4.90 Å². The number of carbonyl (C=O) groups excluding carboxylic acids is 2. The third-order valence-electron chi connectivity index (χ3n) is 1.27. The average Bonchev–Trinajstić information content (AvgIpc) is 2.01. The number of primary amides is 1. The number of likely N-dealkylation sites (N-methyl/N-ethyl adjacent to an activating group) is 1. The van der Waals surface area contributed by atoms with Crippen molar-refractivity contribution in [2.24, 2.45) is 5.73 Å². The van der Waals surface area contributed by atoms with E-state index in [0.717, 1.165) is 4.90 Å². The molecule has 0 unspecified atom stereocenters. The molecule has 0 bridgehead atoms. The summed E-state index contributed by atoms with van der Waals surface area (Å²) in [4.78, 5) is 32.5. The van der Waals surface area contributed by atoms with Crippen LogP contribution < -0.4 is 5.73 Å². The van der Waals surface area contributed by atoms with Crippen molar-refractivity contribution in [3.05, 3.63) is 0 Å². The Morgan fingerprint density at radius 2 is 1.93 bits per heavy atom. The van der Waals surface area contributed by atoms with Crippen LogP contribution in [0, 0.1) is 0 Å². The summed E-state index contributed by atoms with van der Waals surface area (Å²) in [5, 5.41) is 8.19. The van der Waals surface area contributed by atoms with Crippen molar-refractivity contribution in [2.45, 2.75) is 0 Å². The SMILES string of the molecule is CN(CC(N)=O)C(=O)COCC(=O)O. The predicted molar refractivity (Wildman–Crippen MR) is 45.3 cm³/mol. The van der Waals surface area contributed by atoms with E-state index in [1.165, 1.54) is 7.05 Å². The molecule has 0 aromatic carbocycles. The van der Waals surface area contributed by atoms with Crippen molar-refractivity contribution in [2.75, 3.05) is 26.8 Å². The summed E-state index contributed by atoms with van der Waals surface area (Å²) >= 11 is 0. The van der Waals surface area contributed by atoms with Crippen LogP contribution in [0.25, 0.3) is 0 Å². The maximum Gasteiger partial charge on any atom is 0.329 e. The highest BCUT2D eigenvalue weighted by molar-refractivity contribution is 5.84. The molecule has 0 saturated heterocycles. The zero-order chi connectivity index (χ0) is 11.1. The van der Waals surface area contributed by atoms with Crippen LogP contribution in [-0.4, -0.2) is 54.6 Å². The highest BCUT2D eigenvalue weighted by atomic mass is 16.5. The van der Waals surface area contributed by atoms with Gasteiger partial charge in [-0.2, -0.15) is 0 Å². The third-order valence-corrected chi connectivity index (χ3v) is 1.27. The van der Waals surface area contributed by atoms with Gasteiger partial charge in [0.1, 0.15) is 13.2 Å². The monoisotopic (exact) mass is 204 g/mol. The number of ether oxygens (including phenoxy) is 1. The number of nitrogens with zero attached hydrogens (tertiary/aromatic N) is 1. The molecule has 0 fully saturated rings. The minimum atomic E-state index is -1.16. The summed E-state index contributed by atoms with van der Waals surface area (Å²) in [6, 6.07) is 0. The van der Waals surface area contributed by atoms with E-state index in [2.05, 4.69) is 4.74 Å². The van der Waals surface area contributed by atoms with Gasteiger partial charge >= 0.3 is 5.97 Å². The van der Waals surface area contributed by atoms with Crippen molar-refractivity contribution in [3.8, 4) is 0 Å². The number of carboxylic acids is 1. The Kier molecular flexibility index (Phi) is 5.23.